The summed E-state index contributed by atoms with van der Waals surface area (Å²) in [6.45, 7) is 2.87. The summed E-state index contributed by atoms with van der Waals surface area (Å²) in [7, 11) is 0. The van der Waals surface area contributed by atoms with Crippen molar-refractivity contribution < 1.29 is 14.0 Å². The third kappa shape index (κ3) is 4.67. The zero-order chi connectivity index (χ0) is 22.8. The second-order valence-corrected chi connectivity index (χ2v) is 9.31. The Hall–Kier alpha value is -3.10. The molecule has 3 heterocycles. The maximum absolute atomic E-state index is 14.1. The lowest BCUT2D eigenvalue weighted by Gasteiger charge is -2.25. The molecule has 1 N–H and O–H groups in total. The number of piperidine rings is 1. The van der Waals surface area contributed by atoms with Crippen LogP contribution in [0.5, 0.6) is 0 Å². The number of benzene rings is 2. The number of anilines is 2. The Morgan fingerprint density at radius 3 is 2.70 bits per heavy atom. The van der Waals surface area contributed by atoms with E-state index >= 15 is 0 Å². The molecular formula is C25H25FN4O2S. The van der Waals surface area contributed by atoms with Gasteiger partial charge in [-0.2, -0.15) is 0 Å². The first-order chi connectivity index (χ1) is 16.1. The quantitative estimate of drug-likeness (QED) is 0.601. The minimum absolute atomic E-state index is 0.0333. The first-order valence-electron chi connectivity index (χ1n) is 11.3. The smallest absolute Gasteiger partial charge is 0.261 e. The molecule has 0 radical (unpaired) electrons. The Balaban J connectivity index is 1.27. The molecule has 2 aromatic carbocycles. The van der Waals surface area contributed by atoms with Gasteiger partial charge in [0.25, 0.3) is 5.91 Å². The molecule has 0 aliphatic carbocycles. The van der Waals surface area contributed by atoms with Crippen LogP contribution in [0, 0.1) is 5.82 Å². The number of carbonyl (C=O) groups excluding carboxylic acids is 2. The van der Waals surface area contributed by atoms with Crippen LogP contribution in [0.3, 0.4) is 0 Å². The van der Waals surface area contributed by atoms with Crippen LogP contribution in [0.2, 0.25) is 0 Å². The number of fused-ring (bicyclic) bond motifs is 1. The predicted octanol–water partition coefficient (Wildman–Crippen LogP) is 4.58. The van der Waals surface area contributed by atoms with Gasteiger partial charge in [-0.25, -0.2) is 9.37 Å². The van der Waals surface area contributed by atoms with Crippen LogP contribution in [0.4, 0.5) is 15.2 Å². The van der Waals surface area contributed by atoms with E-state index in [0.29, 0.717) is 24.6 Å². The maximum atomic E-state index is 14.1. The molecule has 0 bridgehead atoms. The number of hydrogen-bond acceptors (Lipinski definition) is 5. The van der Waals surface area contributed by atoms with Crippen molar-refractivity contribution in [3.63, 3.8) is 0 Å². The highest BCUT2D eigenvalue weighted by Crippen LogP contribution is 2.34. The van der Waals surface area contributed by atoms with Crippen LogP contribution < -0.4 is 10.2 Å². The zero-order valence-corrected chi connectivity index (χ0v) is 19.0. The van der Waals surface area contributed by atoms with Gasteiger partial charge in [0.15, 0.2) is 5.13 Å². The van der Waals surface area contributed by atoms with Crippen molar-refractivity contribution >= 4 is 34.0 Å². The Kier molecular flexibility index (Phi) is 6.20. The molecule has 1 aromatic heterocycles. The topological polar surface area (TPSA) is 65.5 Å². The number of aromatic nitrogens is 1. The molecule has 0 unspecified atom stereocenters. The van der Waals surface area contributed by atoms with Gasteiger partial charge in [-0.1, -0.05) is 24.6 Å². The number of nitrogens with zero attached hydrogens (tertiary/aromatic N) is 3. The van der Waals surface area contributed by atoms with Crippen molar-refractivity contribution in [2.45, 2.75) is 25.7 Å². The van der Waals surface area contributed by atoms with E-state index in [1.165, 1.54) is 29.9 Å². The summed E-state index contributed by atoms with van der Waals surface area (Å²) < 4.78 is 14.1. The normalized spacial score (nSPS) is 16.0. The van der Waals surface area contributed by atoms with Gasteiger partial charge in [0.2, 0.25) is 5.91 Å². The molecule has 0 spiro atoms. The Labute approximate surface area is 196 Å². The molecular weight excluding hydrogens is 439 g/mol. The number of amides is 2. The largest absolute Gasteiger partial charge is 0.308 e. The van der Waals surface area contributed by atoms with Crippen molar-refractivity contribution in [2.75, 3.05) is 36.4 Å². The standard InChI is InChI=1S/C25H25FN4O2S/c26-20-7-3-2-6-19(20)24(32)30-13-10-18-14-17(8-9-22(18)30)21-16-33-25(27-21)28-23(31)15-29-11-4-1-5-12-29/h2-3,6-9,14,16H,1,4-5,10-13,15H2,(H,27,28,31). The number of nitrogens with one attached hydrogen (secondary N) is 1. The Morgan fingerprint density at radius 1 is 1.06 bits per heavy atom. The van der Waals surface area contributed by atoms with Crippen molar-refractivity contribution in [1.82, 2.24) is 9.88 Å². The minimum atomic E-state index is -0.509. The molecule has 8 heteroatoms. The van der Waals surface area contributed by atoms with Crippen LogP contribution in [0.25, 0.3) is 11.3 Å². The molecule has 5 rings (SSSR count). The van der Waals surface area contributed by atoms with E-state index < -0.39 is 5.82 Å². The number of halogens is 1. The molecule has 33 heavy (non-hydrogen) atoms. The fourth-order valence-electron chi connectivity index (χ4n) is 4.50. The summed E-state index contributed by atoms with van der Waals surface area (Å²) >= 11 is 1.40. The zero-order valence-electron chi connectivity index (χ0n) is 18.2. The van der Waals surface area contributed by atoms with E-state index in [0.717, 1.165) is 48.4 Å². The fraction of sp³-hybridized carbons (Fsp3) is 0.320. The molecule has 170 valence electrons. The summed E-state index contributed by atoms with van der Waals surface area (Å²) in [5.74, 6) is -0.870. The highest BCUT2D eigenvalue weighted by atomic mass is 32.1. The van der Waals surface area contributed by atoms with Crippen molar-refractivity contribution in [2.24, 2.45) is 0 Å². The average molecular weight is 465 g/mol. The number of thiazole rings is 1. The van der Waals surface area contributed by atoms with E-state index in [1.807, 2.05) is 23.6 Å². The molecule has 6 nitrogen and oxygen atoms in total. The van der Waals surface area contributed by atoms with Gasteiger partial charge in [0.05, 0.1) is 17.8 Å². The van der Waals surface area contributed by atoms with Crippen molar-refractivity contribution in [3.8, 4) is 11.3 Å². The van der Waals surface area contributed by atoms with E-state index in [-0.39, 0.29) is 17.4 Å². The third-order valence-electron chi connectivity index (χ3n) is 6.19. The van der Waals surface area contributed by atoms with Gasteiger partial charge >= 0.3 is 0 Å². The van der Waals surface area contributed by atoms with Crippen molar-refractivity contribution in [1.29, 1.82) is 0 Å². The van der Waals surface area contributed by atoms with Crippen LogP contribution in [-0.2, 0) is 11.2 Å². The second-order valence-electron chi connectivity index (χ2n) is 8.45. The molecule has 2 aliphatic rings. The molecule has 0 atom stereocenters. The molecule has 1 saturated heterocycles. The van der Waals surface area contributed by atoms with Crippen LogP contribution in [0.1, 0.15) is 35.2 Å². The minimum Gasteiger partial charge on any atom is -0.308 e. The van der Waals surface area contributed by atoms with Crippen LogP contribution in [-0.4, -0.2) is 47.9 Å². The van der Waals surface area contributed by atoms with Crippen LogP contribution >= 0.6 is 11.3 Å². The van der Waals surface area contributed by atoms with Gasteiger partial charge < -0.3 is 10.2 Å². The van der Waals surface area contributed by atoms with Gasteiger partial charge in [0, 0.05) is 23.2 Å². The number of hydrogen-bond donors (Lipinski definition) is 1. The lowest BCUT2D eigenvalue weighted by molar-refractivity contribution is -0.117. The maximum Gasteiger partial charge on any atom is 0.261 e. The number of rotatable bonds is 5. The second kappa shape index (κ2) is 9.41. The van der Waals surface area contributed by atoms with Gasteiger partial charge in [-0.15, -0.1) is 11.3 Å². The predicted molar refractivity (Wildman–Crippen MR) is 128 cm³/mol. The van der Waals surface area contributed by atoms with E-state index in [9.17, 15) is 14.0 Å². The summed E-state index contributed by atoms with van der Waals surface area (Å²) in [5, 5.41) is 5.43. The Bertz CT molecular complexity index is 1190. The highest BCUT2D eigenvalue weighted by molar-refractivity contribution is 7.14. The lowest BCUT2D eigenvalue weighted by Crippen LogP contribution is -2.36. The molecule has 1 fully saturated rings. The van der Waals surface area contributed by atoms with E-state index in [4.69, 9.17) is 0 Å². The summed E-state index contributed by atoms with van der Waals surface area (Å²) in [6.07, 6.45) is 4.24. The van der Waals surface area contributed by atoms with E-state index in [2.05, 4.69) is 15.2 Å². The van der Waals surface area contributed by atoms with Gasteiger partial charge in [-0.3, -0.25) is 14.5 Å². The highest BCUT2D eigenvalue weighted by Gasteiger charge is 2.27. The fourth-order valence-corrected chi connectivity index (χ4v) is 5.23. The third-order valence-corrected chi connectivity index (χ3v) is 6.94. The first-order valence-corrected chi connectivity index (χ1v) is 12.1. The molecule has 3 aromatic rings. The molecule has 2 amide bonds. The van der Waals surface area contributed by atoms with Crippen molar-refractivity contribution in [3.05, 3.63) is 64.8 Å². The number of carbonyl (C=O) groups is 2. The monoisotopic (exact) mass is 464 g/mol. The molecule has 0 saturated carbocycles. The molecule has 2 aliphatic heterocycles. The van der Waals surface area contributed by atoms with Crippen LogP contribution in [0.15, 0.2) is 47.8 Å². The average Bonchev–Trinajstić information content (AvgIpc) is 3.46. The van der Waals surface area contributed by atoms with Gasteiger partial charge in [-0.05, 0) is 62.2 Å². The Morgan fingerprint density at radius 2 is 1.88 bits per heavy atom. The van der Waals surface area contributed by atoms with Gasteiger partial charge in [0.1, 0.15) is 5.82 Å². The summed E-state index contributed by atoms with van der Waals surface area (Å²) in [5.41, 5.74) is 3.63. The summed E-state index contributed by atoms with van der Waals surface area (Å²) in [4.78, 5) is 33.6. The lowest BCUT2D eigenvalue weighted by atomic mass is 10.1. The SMILES string of the molecule is O=C(CN1CCCCC1)Nc1nc(-c2ccc3c(c2)CCN3C(=O)c2ccccc2F)cs1. The van der Waals surface area contributed by atoms with E-state index in [1.54, 1.807) is 17.0 Å². The summed E-state index contributed by atoms with van der Waals surface area (Å²) in [6, 6.07) is 11.9. The number of likely N-dealkylation sites (tertiary alicyclic amines) is 1. The first kappa shape index (κ1) is 21.7.